The van der Waals surface area contributed by atoms with Gasteiger partial charge in [-0.2, -0.15) is 15.1 Å². The van der Waals surface area contributed by atoms with Crippen LogP contribution in [0, 0.1) is 12.3 Å². The van der Waals surface area contributed by atoms with E-state index in [1.165, 1.54) is 18.5 Å². The van der Waals surface area contributed by atoms with Gasteiger partial charge in [-0.05, 0) is 18.9 Å². The minimum atomic E-state index is 0.481. The predicted molar refractivity (Wildman–Crippen MR) is 105 cm³/mol. The SMILES string of the molecule is C#CCn1ccc2c(Nc3cc(C4CC4)[nH]n3)nc(N3CCNCC3)nc21. The van der Waals surface area contributed by atoms with Crippen LogP contribution in [0.4, 0.5) is 17.6 Å². The highest BCUT2D eigenvalue weighted by Gasteiger charge is 2.26. The fourth-order valence-corrected chi connectivity index (χ4v) is 3.51. The maximum Gasteiger partial charge on any atom is 0.229 e. The fraction of sp³-hybridized carbons (Fsp3) is 0.421. The van der Waals surface area contributed by atoms with E-state index < -0.39 is 0 Å². The van der Waals surface area contributed by atoms with Crippen molar-refractivity contribution in [1.82, 2.24) is 30.0 Å². The first-order chi connectivity index (χ1) is 13.3. The van der Waals surface area contributed by atoms with Crippen LogP contribution in [0.3, 0.4) is 0 Å². The Labute approximate surface area is 157 Å². The van der Waals surface area contributed by atoms with E-state index in [4.69, 9.17) is 16.4 Å². The number of aromatic amines is 1. The smallest absolute Gasteiger partial charge is 0.229 e. The quantitative estimate of drug-likeness (QED) is 0.600. The maximum atomic E-state index is 5.53. The van der Waals surface area contributed by atoms with Gasteiger partial charge in [-0.15, -0.1) is 6.42 Å². The Kier molecular flexibility index (Phi) is 3.94. The number of fused-ring (bicyclic) bond motifs is 1. The van der Waals surface area contributed by atoms with Crippen LogP contribution >= 0.6 is 0 Å². The van der Waals surface area contributed by atoms with Crippen LogP contribution in [0.15, 0.2) is 18.3 Å². The summed E-state index contributed by atoms with van der Waals surface area (Å²) in [4.78, 5) is 11.8. The normalized spacial score (nSPS) is 17.2. The molecule has 0 aromatic carbocycles. The molecule has 0 atom stereocenters. The average molecular weight is 362 g/mol. The van der Waals surface area contributed by atoms with Gasteiger partial charge in [0.1, 0.15) is 11.5 Å². The van der Waals surface area contributed by atoms with Crippen LogP contribution in [0.2, 0.25) is 0 Å². The van der Waals surface area contributed by atoms with Crippen molar-refractivity contribution in [2.24, 2.45) is 0 Å². The topological polar surface area (TPSA) is 86.7 Å². The molecule has 1 saturated carbocycles. The van der Waals surface area contributed by atoms with Gasteiger partial charge in [-0.25, -0.2) is 0 Å². The average Bonchev–Trinajstić information content (AvgIpc) is 3.32. The van der Waals surface area contributed by atoms with Gasteiger partial charge in [0.2, 0.25) is 5.95 Å². The number of hydrogen-bond acceptors (Lipinski definition) is 6. The van der Waals surface area contributed by atoms with Gasteiger partial charge >= 0.3 is 0 Å². The number of anilines is 3. The van der Waals surface area contributed by atoms with Crippen molar-refractivity contribution in [1.29, 1.82) is 0 Å². The van der Waals surface area contributed by atoms with E-state index in [1.54, 1.807) is 0 Å². The highest BCUT2D eigenvalue weighted by atomic mass is 15.3. The largest absolute Gasteiger partial charge is 0.338 e. The second-order valence-electron chi connectivity index (χ2n) is 7.10. The molecular formula is C19H22N8. The molecule has 0 amide bonds. The van der Waals surface area contributed by atoms with Crippen molar-refractivity contribution in [3.63, 3.8) is 0 Å². The Morgan fingerprint density at radius 2 is 2.11 bits per heavy atom. The summed E-state index contributed by atoms with van der Waals surface area (Å²) in [5.74, 6) is 5.60. The van der Waals surface area contributed by atoms with Crippen LogP contribution in [0.5, 0.6) is 0 Å². The van der Waals surface area contributed by atoms with E-state index in [0.29, 0.717) is 12.5 Å². The molecule has 3 aromatic rings. The highest BCUT2D eigenvalue weighted by Crippen LogP contribution is 2.39. The van der Waals surface area contributed by atoms with E-state index in [0.717, 1.165) is 54.8 Å². The Bertz CT molecular complexity index is 1000. The number of aromatic nitrogens is 5. The second kappa shape index (κ2) is 6.59. The molecule has 8 heteroatoms. The van der Waals surface area contributed by atoms with Crippen molar-refractivity contribution in [2.45, 2.75) is 25.3 Å². The van der Waals surface area contributed by atoms with Crippen molar-refractivity contribution < 1.29 is 0 Å². The summed E-state index contributed by atoms with van der Waals surface area (Å²) < 4.78 is 1.98. The van der Waals surface area contributed by atoms with Crippen LogP contribution in [0.1, 0.15) is 24.5 Å². The lowest BCUT2D eigenvalue weighted by molar-refractivity contribution is 0.580. The number of rotatable bonds is 5. The van der Waals surface area contributed by atoms with E-state index in [-0.39, 0.29) is 0 Å². The standard InChI is InChI=1S/C19H22N8/c1-2-8-26-9-5-14-17(21-16-12-15(24-25-16)13-3-4-13)22-19(23-18(14)26)27-10-6-20-7-11-27/h1,5,9,12-13,20H,3-4,6-8,10-11H2,(H2,21,22,23,24,25). The van der Waals surface area contributed by atoms with Gasteiger partial charge in [0.05, 0.1) is 11.9 Å². The van der Waals surface area contributed by atoms with Crippen molar-refractivity contribution in [3.05, 3.63) is 24.0 Å². The van der Waals surface area contributed by atoms with Crippen molar-refractivity contribution in [2.75, 3.05) is 36.4 Å². The van der Waals surface area contributed by atoms with Crippen molar-refractivity contribution >= 4 is 28.6 Å². The first-order valence-electron chi connectivity index (χ1n) is 9.40. The van der Waals surface area contributed by atoms with Crippen LogP contribution < -0.4 is 15.5 Å². The Hall–Kier alpha value is -3.05. The zero-order valence-electron chi connectivity index (χ0n) is 15.1. The van der Waals surface area contributed by atoms with E-state index >= 15 is 0 Å². The minimum Gasteiger partial charge on any atom is -0.338 e. The fourth-order valence-electron chi connectivity index (χ4n) is 3.51. The van der Waals surface area contributed by atoms with Gasteiger partial charge in [0.25, 0.3) is 0 Å². The number of terminal acetylenes is 1. The number of H-pyrrole nitrogens is 1. The predicted octanol–water partition coefficient (Wildman–Crippen LogP) is 1.82. The molecule has 0 unspecified atom stereocenters. The zero-order chi connectivity index (χ0) is 18.2. The summed E-state index contributed by atoms with van der Waals surface area (Å²) in [5, 5.41) is 15.2. The van der Waals surface area contributed by atoms with E-state index in [2.05, 4.69) is 37.7 Å². The van der Waals surface area contributed by atoms with Crippen molar-refractivity contribution in [3.8, 4) is 12.3 Å². The summed E-state index contributed by atoms with van der Waals surface area (Å²) in [7, 11) is 0. The molecule has 3 N–H and O–H groups in total. The molecular weight excluding hydrogens is 340 g/mol. The van der Waals surface area contributed by atoms with Crippen LogP contribution in [-0.4, -0.2) is 50.9 Å². The molecule has 138 valence electrons. The Morgan fingerprint density at radius 3 is 2.89 bits per heavy atom. The number of nitrogens with one attached hydrogen (secondary N) is 3. The van der Waals surface area contributed by atoms with Gasteiger partial charge in [0.15, 0.2) is 5.82 Å². The van der Waals surface area contributed by atoms with E-state index in [9.17, 15) is 0 Å². The minimum absolute atomic E-state index is 0.481. The third-order valence-electron chi connectivity index (χ3n) is 5.13. The summed E-state index contributed by atoms with van der Waals surface area (Å²) in [6.07, 6.45) is 9.97. The molecule has 4 heterocycles. The molecule has 5 rings (SSSR count). The molecule has 0 radical (unpaired) electrons. The number of hydrogen-bond donors (Lipinski definition) is 3. The summed E-state index contributed by atoms with van der Waals surface area (Å²) in [5.41, 5.74) is 2.03. The lowest BCUT2D eigenvalue weighted by Crippen LogP contribution is -2.44. The van der Waals surface area contributed by atoms with Crippen LogP contribution in [-0.2, 0) is 6.54 Å². The first kappa shape index (κ1) is 16.1. The Balaban J connectivity index is 1.54. The molecule has 1 aliphatic heterocycles. The number of nitrogens with zero attached hydrogens (tertiary/aromatic N) is 5. The Morgan fingerprint density at radius 1 is 1.26 bits per heavy atom. The molecule has 3 aromatic heterocycles. The van der Waals surface area contributed by atoms with Gasteiger partial charge < -0.3 is 20.1 Å². The van der Waals surface area contributed by atoms with Gasteiger partial charge in [-0.1, -0.05) is 5.92 Å². The van der Waals surface area contributed by atoms with Crippen LogP contribution in [0.25, 0.3) is 11.0 Å². The molecule has 1 saturated heterocycles. The third-order valence-corrected chi connectivity index (χ3v) is 5.13. The van der Waals surface area contributed by atoms with Gasteiger partial charge in [0, 0.05) is 50.1 Å². The summed E-state index contributed by atoms with van der Waals surface area (Å²) in [6, 6.07) is 4.08. The summed E-state index contributed by atoms with van der Waals surface area (Å²) in [6.45, 7) is 4.11. The second-order valence-corrected chi connectivity index (χ2v) is 7.10. The van der Waals surface area contributed by atoms with E-state index in [1.807, 2.05) is 16.8 Å². The maximum absolute atomic E-state index is 5.53. The molecule has 27 heavy (non-hydrogen) atoms. The molecule has 2 fully saturated rings. The molecule has 8 nitrogen and oxygen atoms in total. The van der Waals surface area contributed by atoms with Gasteiger partial charge in [-0.3, -0.25) is 5.10 Å². The molecule has 0 bridgehead atoms. The molecule has 0 spiro atoms. The third kappa shape index (κ3) is 3.11. The summed E-state index contributed by atoms with van der Waals surface area (Å²) >= 11 is 0. The number of piperazine rings is 1. The zero-order valence-corrected chi connectivity index (χ0v) is 15.1. The first-order valence-corrected chi connectivity index (χ1v) is 9.40. The molecule has 2 aliphatic rings. The lowest BCUT2D eigenvalue weighted by atomic mass is 10.3. The lowest BCUT2D eigenvalue weighted by Gasteiger charge is -2.27. The monoisotopic (exact) mass is 362 g/mol. The highest BCUT2D eigenvalue weighted by molar-refractivity contribution is 5.90. The molecule has 1 aliphatic carbocycles.